The monoisotopic (exact) mass is 302 g/mol. The molecule has 23 heavy (non-hydrogen) atoms. The molecule has 0 amide bonds. The van der Waals surface area contributed by atoms with Crippen molar-refractivity contribution in [1.82, 2.24) is 9.55 Å². The third-order valence-corrected chi connectivity index (χ3v) is 4.72. The van der Waals surface area contributed by atoms with Crippen LogP contribution in [0, 0.1) is 5.92 Å². The lowest BCUT2D eigenvalue weighted by Gasteiger charge is -2.17. The van der Waals surface area contributed by atoms with Crippen LogP contribution in [0.2, 0.25) is 0 Å². The van der Waals surface area contributed by atoms with Gasteiger partial charge < -0.3 is 4.57 Å². The fourth-order valence-electron chi connectivity index (χ4n) is 3.51. The van der Waals surface area contributed by atoms with Gasteiger partial charge in [0.25, 0.3) is 0 Å². The van der Waals surface area contributed by atoms with Crippen LogP contribution in [0.4, 0.5) is 0 Å². The fraction of sp³-hybridized carbons (Fsp3) is 0.286. The fourth-order valence-corrected chi connectivity index (χ4v) is 3.51. The minimum Gasteiger partial charge on any atom is -0.323 e. The van der Waals surface area contributed by atoms with Gasteiger partial charge in [0.2, 0.25) is 0 Å². The Morgan fingerprint density at radius 3 is 2.65 bits per heavy atom. The molecular formula is C21H22N2. The van der Waals surface area contributed by atoms with Crippen molar-refractivity contribution in [3.63, 3.8) is 0 Å². The zero-order chi connectivity index (χ0) is 15.5. The molecular weight excluding hydrogens is 280 g/mol. The maximum Gasteiger partial charge on any atom is 0.110 e. The lowest BCUT2D eigenvalue weighted by molar-refractivity contribution is 0.517. The predicted octanol–water partition coefficient (Wildman–Crippen LogP) is 4.98. The summed E-state index contributed by atoms with van der Waals surface area (Å²) in [6, 6.07) is 19.2. The van der Waals surface area contributed by atoms with Gasteiger partial charge in [-0.1, -0.05) is 54.6 Å². The molecule has 116 valence electrons. The van der Waals surface area contributed by atoms with E-state index in [1.807, 2.05) is 0 Å². The first-order valence-corrected chi connectivity index (χ1v) is 8.55. The summed E-state index contributed by atoms with van der Waals surface area (Å²) in [4.78, 5) is 4.93. The van der Waals surface area contributed by atoms with Crippen molar-refractivity contribution >= 4 is 11.0 Å². The highest BCUT2D eigenvalue weighted by Crippen LogP contribution is 2.24. The van der Waals surface area contributed by atoms with Crippen LogP contribution in [0.3, 0.4) is 0 Å². The largest absolute Gasteiger partial charge is 0.323 e. The number of allylic oxidation sites excluding steroid dienone is 2. The molecule has 0 aliphatic heterocycles. The standard InChI is InChI=1S/C21H22N2/c1-3-9-17(10-4-1)15-21-22-19-13-7-8-14-20(19)23(21)16-18-11-5-2-6-12-18/h2-3,5-9,11-14,17H,1,4,10,15-16H2/t17-/m0/s1. The first-order chi connectivity index (χ1) is 11.4. The number of para-hydroxylation sites is 2. The van der Waals surface area contributed by atoms with E-state index in [0.717, 1.165) is 18.5 Å². The zero-order valence-electron chi connectivity index (χ0n) is 13.4. The third kappa shape index (κ3) is 3.07. The molecule has 0 saturated heterocycles. The molecule has 2 heteroatoms. The second kappa shape index (κ2) is 6.41. The van der Waals surface area contributed by atoms with E-state index in [-0.39, 0.29) is 0 Å². The molecule has 0 fully saturated rings. The average Bonchev–Trinajstić information content (AvgIpc) is 2.94. The van der Waals surface area contributed by atoms with Gasteiger partial charge in [0, 0.05) is 13.0 Å². The summed E-state index contributed by atoms with van der Waals surface area (Å²) in [6.45, 7) is 0.896. The Labute approximate surface area is 137 Å². The SMILES string of the molecule is C1=C[C@H](Cc2nc3ccccc3n2Cc2ccccc2)CCC1. The molecule has 4 rings (SSSR count). The minimum atomic E-state index is 0.634. The Morgan fingerprint density at radius 2 is 1.83 bits per heavy atom. The first-order valence-electron chi connectivity index (χ1n) is 8.55. The van der Waals surface area contributed by atoms with Crippen LogP contribution < -0.4 is 0 Å². The number of hydrogen-bond donors (Lipinski definition) is 0. The molecule has 1 aliphatic carbocycles. The van der Waals surface area contributed by atoms with Crippen LogP contribution >= 0.6 is 0 Å². The summed E-state index contributed by atoms with van der Waals surface area (Å²) < 4.78 is 2.40. The van der Waals surface area contributed by atoms with Gasteiger partial charge in [0.05, 0.1) is 11.0 Å². The van der Waals surface area contributed by atoms with Crippen molar-refractivity contribution in [2.75, 3.05) is 0 Å². The van der Waals surface area contributed by atoms with E-state index in [1.54, 1.807) is 0 Å². The number of nitrogens with zero attached hydrogens (tertiary/aromatic N) is 2. The van der Waals surface area contributed by atoms with E-state index < -0.39 is 0 Å². The Kier molecular flexibility index (Phi) is 3.97. The maximum absolute atomic E-state index is 4.93. The Morgan fingerprint density at radius 1 is 1.00 bits per heavy atom. The highest BCUT2D eigenvalue weighted by atomic mass is 15.1. The van der Waals surface area contributed by atoms with Gasteiger partial charge in [-0.25, -0.2) is 4.98 Å². The van der Waals surface area contributed by atoms with Gasteiger partial charge in [-0.2, -0.15) is 0 Å². The van der Waals surface area contributed by atoms with E-state index in [9.17, 15) is 0 Å². The average molecular weight is 302 g/mol. The smallest absolute Gasteiger partial charge is 0.110 e. The van der Waals surface area contributed by atoms with E-state index >= 15 is 0 Å². The van der Waals surface area contributed by atoms with Crippen LogP contribution in [0.25, 0.3) is 11.0 Å². The van der Waals surface area contributed by atoms with Crippen molar-refractivity contribution in [3.05, 3.63) is 78.1 Å². The van der Waals surface area contributed by atoms with E-state index in [4.69, 9.17) is 4.98 Å². The van der Waals surface area contributed by atoms with Gasteiger partial charge in [-0.3, -0.25) is 0 Å². The van der Waals surface area contributed by atoms with E-state index in [1.165, 1.54) is 36.2 Å². The van der Waals surface area contributed by atoms with Crippen molar-refractivity contribution < 1.29 is 0 Å². The van der Waals surface area contributed by atoms with Gasteiger partial charge in [-0.05, 0) is 42.9 Å². The molecule has 2 nitrogen and oxygen atoms in total. The molecule has 0 radical (unpaired) electrons. The Balaban J connectivity index is 1.72. The normalized spacial score (nSPS) is 17.7. The number of hydrogen-bond acceptors (Lipinski definition) is 1. The highest BCUT2D eigenvalue weighted by molar-refractivity contribution is 5.76. The minimum absolute atomic E-state index is 0.634. The lowest BCUT2D eigenvalue weighted by atomic mass is 9.93. The summed E-state index contributed by atoms with van der Waals surface area (Å²) in [5, 5.41) is 0. The number of benzene rings is 2. The zero-order valence-corrected chi connectivity index (χ0v) is 13.4. The molecule has 0 saturated carbocycles. The molecule has 1 aromatic heterocycles. The number of rotatable bonds is 4. The van der Waals surface area contributed by atoms with Crippen molar-refractivity contribution in [1.29, 1.82) is 0 Å². The number of fused-ring (bicyclic) bond motifs is 1. The number of imidazole rings is 1. The molecule has 2 aromatic carbocycles. The molecule has 0 spiro atoms. The molecule has 3 aromatic rings. The maximum atomic E-state index is 4.93. The van der Waals surface area contributed by atoms with Gasteiger partial charge in [0.1, 0.15) is 5.82 Å². The van der Waals surface area contributed by atoms with Crippen molar-refractivity contribution in [2.24, 2.45) is 5.92 Å². The van der Waals surface area contributed by atoms with E-state index in [2.05, 4.69) is 71.3 Å². The Bertz CT molecular complexity index is 814. The predicted molar refractivity (Wildman–Crippen MR) is 95.5 cm³/mol. The quantitative estimate of drug-likeness (QED) is 0.621. The molecule has 1 heterocycles. The Hall–Kier alpha value is -2.35. The molecule has 1 atom stereocenters. The van der Waals surface area contributed by atoms with Crippen LogP contribution in [-0.4, -0.2) is 9.55 Å². The van der Waals surface area contributed by atoms with Gasteiger partial charge >= 0.3 is 0 Å². The summed E-state index contributed by atoms with van der Waals surface area (Å²) in [5.74, 6) is 1.85. The molecule has 0 unspecified atom stereocenters. The summed E-state index contributed by atoms with van der Waals surface area (Å²) in [6.07, 6.45) is 9.58. The summed E-state index contributed by atoms with van der Waals surface area (Å²) in [7, 11) is 0. The van der Waals surface area contributed by atoms with Crippen molar-refractivity contribution in [2.45, 2.75) is 32.2 Å². The van der Waals surface area contributed by atoms with Crippen LogP contribution in [-0.2, 0) is 13.0 Å². The van der Waals surface area contributed by atoms with Crippen LogP contribution in [0.1, 0.15) is 30.7 Å². The molecule has 1 aliphatic rings. The summed E-state index contributed by atoms with van der Waals surface area (Å²) >= 11 is 0. The number of aromatic nitrogens is 2. The molecule has 0 bridgehead atoms. The first kappa shape index (κ1) is 14.3. The van der Waals surface area contributed by atoms with Gasteiger partial charge in [0.15, 0.2) is 0 Å². The second-order valence-electron chi connectivity index (χ2n) is 6.41. The second-order valence-corrected chi connectivity index (χ2v) is 6.41. The summed E-state index contributed by atoms with van der Waals surface area (Å²) in [5.41, 5.74) is 3.68. The third-order valence-electron chi connectivity index (χ3n) is 4.72. The van der Waals surface area contributed by atoms with Crippen LogP contribution in [0.5, 0.6) is 0 Å². The topological polar surface area (TPSA) is 17.8 Å². The van der Waals surface area contributed by atoms with E-state index in [0.29, 0.717) is 5.92 Å². The van der Waals surface area contributed by atoms with Crippen LogP contribution in [0.15, 0.2) is 66.7 Å². The lowest BCUT2D eigenvalue weighted by Crippen LogP contribution is -2.11. The highest BCUT2D eigenvalue weighted by Gasteiger charge is 2.16. The molecule has 0 N–H and O–H groups in total. The van der Waals surface area contributed by atoms with Gasteiger partial charge in [-0.15, -0.1) is 0 Å². The van der Waals surface area contributed by atoms with Crippen molar-refractivity contribution in [3.8, 4) is 0 Å².